The van der Waals surface area contributed by atoms with Gasteiger partial charge in [0.15, 0.2) is 0 Å². The number of hydrogen-bond acceptors (Lipinski definition) is 5. The fraction of sp³-hybridized carbons (Fsp3) is 0.692. The van der Waals surface area contributed by atoms with Crippen LogP contribution < -0.4 is 10.1 Å². The second kappa shape index (κ2) is 5.52. The van der Waals surface area contributed by atoms with Gasteiger partial charge in [-0.3, -0.25) is 0 Å². The minimum absolute atomic E-state index is 0.259. The number of hydrogen-bond donors (Lipinski definition) is 2. The first kappa shape index (κ1) is 13.1. The van der Waals surface area contributed by atoms with E-state index in [4.69, 9.17) is 9.84 Å². The lowest BCUT2D eigenvalue weighted by Crippen LogP contribution is -2.17. The number of aryl methyl sites for hydroxylation is 1. The lowest BCUT2D eigenvalue weighted by Gasteiger charge is -2.15. The van der Waals surface area contributed by atoms with Crippen molar-refractivity contribution in [2.75, 3.05) is 25.1 Å². The van der Waals surface area contributed by atoms with Gasteiger partial charge in [-0.1, -0.05) is 0 Å². The SMILES string of the molecule is CCOc1cc(NCC2(CCO)CC2)nc(C)n1. The van der Waals surface area contributed by atoms with Gasteiger partial charge in [0.2, 0.25) is 5.88 Å². The largest absolute Gasteiger partial charge is 0.478 e. The van der Waals surface area contributed by atoms with Crippen molar-refractivity contribution in [3.8, 4) is 5.88 Å². The third kappa shape index (κ3) is 3.32. The third-order valence-corrected chi connectivity index (χ3v) is 3.35. The molecule has 0 spiro atoms. The number of rotatable bonds is 7. The first-order valence-electron chi connectivity index (χ1n) is 6.51. The van der Waals surface area contributed by atoms with Crippen molar-refractivity contribution >= 4 is 5.82 Å². The molecule has 0 bridgehead atoms. The van der Waals surface area contributed by atoms with Crippen LogP contribution in [0.15, 0.2) is 6.07 Å². The van der Waals surface area contributed by atoms with Gasteiger partial charge in [0, 0.05) is 19.2 Å². The van der Waals surface area contributed by atoms with Crippen LogP contribution in [-0.2, 0) is 0 Å². The summed E-state index contributed by atoms with van der Waals surface area (Å²) in [5.74, 6) is 2.12. The molecule has 0 radical (unpaired) electrons. The molecule has 1 aliphatic carbocycles. The van der Waals surface area contributed by atoms with Crippen molar-refractivity contribution in [3.05, 3.63) is 11.9 Å². The van der Waals surface area contributed by atoms with E-state index in [9.17, 15) is 0 Å². The maximum atomic E-state index is 9.02. The number of aliphatic hydroxyl groups is 1. The second-order valence-electron chi connectivity index (χ2n) is 4.90. The Kier molecular flexibility index (Phi) is 4.01. The molecule has 1 aromatic heterocycles. The summed E-state index contributed by atoms with van der Waals surface area (Å²) in [6.45, 7) is 5.51. The summed E-state index contributed by atoms with van der Waals surface area (Å²) < 4.78 is 5.39. The summed E-state index contributed by atoms with van der Waals surface area (Å²) in [7, 11) is 0. The summed E-state index contributed by atoms with van der Waals surface area (Å²) in [5, 5.41) is 12.4. The number of aliphatic hydroxyl groups excluding tert-OH is 1. The average Bonchev–Trinajstić information content (AvgIpc) is 3.07. The molecular formula is C13H21N3O2. The van der Waals surface area contributed by atoms with E-state index < -0.39 is 0 Å². The van der Waals surface area contributed by atoms with E-state index in [0.29, 0.717) is 18.3 Å². The van der Waals surface area contributed by atoms with Crippen LogP contribution in [-0.4, -0.2) is 34.8 Å². The van der Waals surface area contributed by atoms with Gasteiger partial charge in [0.05, 0.1) is 6.61 Å². The monoisotopic (exact) mass is 251 g/mol. The van der Waals surface area contributed by atoms with Gasteiger partial charge in [0.25, 0.3) is 0 Å². The van der Waals surface area contributed by atoms with Crippen molar-refractivity contribution in [2.24, 2.45) is 5.41 Å². The standard InChI is InChI=1S/C13H21N3O2/c1-3-18-12-8-11(15-10(2)16-12)14-9-13(4-5-13)6-7-17/h8,17H,3-7,9H2,1-2H3,(H,14,15,16). The van der Waals surface area contributed by atoms with Crippen molar-refractivity contribution in [2.45, 2.75) is 33.1 Å². The van der Waals surface area contributed by atoms with Crippen molar-refractivity contribution in [1.82, 2.24) is 9.97 Å². The molecule has 1 fully saturated rings. The molecule has 100 valence electrons. The molecule has 5 heteroatoms. The Morgan fingerprint density at radius 3 is 2.83 bits per heavy atom. The molecule has 0 saturated heterocycles. The molecule has 0 unspecified atom stereocenters. The first-order valence-corrected chi connectivity index (χ1v) is 6.51. The molecule has 0 atom stereocenters. The van der Waals surface area contributed by atoms with Crippen molar-refractivity contribution < 1.29 is 9.84 Å². The Morgan fingerprint density at radius 1 is 1.44 bits per heavy atom. The Morgan fingerprint density at radius 2 is 2.22 bits per heavy atom. The van der Waals surface area contributed by atoms with Gasteiger partial charge in [-0.2, -0.15) is 4.98 Å². The summed E-state index contributed by atoms with van der Waals surface area (Å²) >= 11 is 0. The highest BCUT2D eigenvalue weighted by atomic mass is 16.5. The van der Waals surface area contributed by atoms with E-state index in [0.717, 1.165) is 18.8 Å². The van der Waals surface area contributed by atoms with Gasteiger partial charge in [-0.05, 0) is 38.5 Å². The zero-order valence-corrected chi connectivity index (χ0v) is 11.1. The molecule has 0 aliphatic heterocycles. The fourth-order valence-corrected chi connectivity index (χ4v) is 2.06. The van der Waals surface area contributed by atoms with Gasteiger partial charge in [-0.15, -0.1) is 0 Å². The summed E-state index contributed by atoms with van der Waals surface area (Å²) in [6.07, 6.45) is 3.23. The zero-order chi connectivity index (χ0) is 13.0. The molecule has 1 aromatic rings. The molecule has 5 nitrogen and oxygen atoms in total. The van der Waals surface area contributed by atoms with Crippen LogP contribution in [0.2, 0.25) is 0 Å². The molecule has 2 rings (SSSR count). The van der Waals surface area contributed by atoms with Crippen LogP contribution in [0.3, 0.4) is 0 Å². The van der Waals surface area contributed by atoms with E-state index in [1.165, 1.54) is 12.8 Å². The molecule has 2 N–H and O–H groups in total. The first-order chi connectivity index (χ1) is 8.67. The van der Waals surface area contributed by atoms with E-state index in [1.54, 1.807) is 0 Å². The van der Waals surface area contributed by atoms with Crippen molar-refractivity contribution in [1.29, 1.82) is 0 Å². The van der Waals surface area contributed by atoms with Crippen LogP contribution >= 0.6 is 0 Å². The Bertz CT molecular complexity index is 405. The highest BCUT2D eigenvalue weighted by Gasteiger charge is 2.41. The van der Waals surface area contributed by atoms with Gasteiger partial charge < -0.3 is 15.2 Å². The predicted molar refractivity (Wildman–Crippen MR) is 69.8 cm³/mol. The smallest absolute Gasteiger partial charge is 0.218 e. The molecule has 1 heterocycles. The van der Waals surface area contributed by atoms with Gasteiger partial charge >= 0.3 is 0 Å². The minimum Gasteiger partial charge on any atom is -0.478 e. The Labute approximate surface area is 108 Å². The molecule has 1 saturated carbocycles. The maximum Gasteiger partial charge on any atom is 0.218 e. The third-order valence-electron chi connectivity index (χ3n) is 3.35. The van der Waals surface area contributed by atoms with Gasteiger partial charge in [-0.25, -0.2) is 4.98 Å². The molecule has 1 aliphatic rings. The molecule has 18 heavy (non-hydrogen) atoms. The molecular weight excluding hydrogens is 230 g/mol. The van der Waals surface area contributed by atoms with Crippen LogP contribution in [0.1, 0.15) is 32.0 Å². The number of nitrogens with zero attached hydrogens (tertiary/aromatic N) is 2. The summed E-state index contributed by atoms with van der Waals surface area (Å²) in [5.41, 5.74) is 0.277. The van der Waals surface area contributed by atoms with E-state index in [1.807, 2.05) is 19.9 Å². The van der Waals surface area contributed by atoms with Crippen LogP contribution in [0.25, 0.3) is 0 Å². The van der Waals surface area contributed by atoms with E-state index >= 15 is 0 Å². The Balaban J connectivity index is 1.96. The van der Waals surface area contributed by atoms with Crippen LogP contribution in [0.4, 0.5) is 5.82 Å². The van der Waals surface area contributed by atoms with Crippen LogP contribution in [0, 0.1) is 12.3 Å². The molecule has 0 amide bonds. The number of nitrogens with one attached hydrogen (secondary N) is 1. The highest BCUT2D eigenvalue weighted by Crippen LogP contribution is 2.48. The predicted octanol–water partition coefficient (Wildman–Crippen LogP) is 1.76. The Hall–Kier alpha value is -1.36. The topological polar surface area (TPSA) is 67.3 Å². The fourth-order valence-electron chi connectivity index (χ4n) is 2.06. The minimum atomic E-state index is 0.259. The molecule has 0 aromatic carbocycles. The van der Waals surface area contributed by atoms with Gasteiger partial charge in [0.1, 0.15) is 11.6 Å². The average molecular weight is 251 g/mol. The number of ether oxygens (including phenoxy) is 1. The van der Waals surface area contributed by atoms with E-state index in [-0.39, 0.29) is 12.0 Å². The summed E-state index contributed by atoms with van der Waals surface area (Å²) in [4.78, 5) is 8.55. The maximum absolute atomic E-state index is 9.02. The highest BCUT2D eigenvalue weighted by molar-refractivity contribution is 5.39. The van der Waals surface area contributed by atoms with Crippen LogP contribution in [0.5, 0.6) is 5.88 Å². The van der Waals surface area contributed by atoms with Crippen molar-refractivity contribution in [3.63, 3.8) is 0 Å². The zero-order valence-electron chi connectivity index (χ0n) is 11.1. The number of aromatic nitrogens is 2. The second-order valence-corrected chi connectivity index (χ2v) is 4.90. The summed E-state index contributed by atoms with van der Waals surface area (Å²) in [6, 6.07) is 1.82. The number of anilines is 1. The lowest BCUT2D eigenvalue weighted by atomic mass is 10.0. The quantitative estimate of drug-likeness (QED) is 0.773. The normalized spacial score (nSPS) is 16.4. The van der Waals surface area contributed by atoms with E-state index in [2.05, 4.69) is 15.3 Å². The lowest BCUT2D eigenvalue weighted by molar-refractivity contribution is 0.253.